The fraction of sp³-hybridized carbons (Fsp3) is 0.138. The predicted molar refractivity (Wildman–Crippen MR) is 253 cm³/mol. The van der Waals surface area contributed by atoms with Crippen molar-refractivity contribution in [2.75, 3.05) is 0 Å². The van der Waals surface area contributed by atoms with Crippen LogP contribution in [0.3, 0.4) is 0 Å². The molecule has 0 amide bonds. The lowest BCUT2D eigenvalue weighted by Crippen LogP contribution is -2.14. The van der Waals surface area contributed by atoms with Crippen LogP contribution in [-0.2, 0) is 5.41 Å². The predicted octanol–water partition coefficient (Wildman–Crippen LogP) is 16.0. The maximum Gasteiger partial charge on any atom is 0.0544 e. The smallest absolute Gasteiger partial charge is 0.0544 e. The second-order valence-corrected chi connectivity index (χ2v) is 17.0. The maximum atomic E-state index is 2.47. The lowest BCUT2D eigenvalue weighted by atomic mass is 9.82. The van der Waals surface area contributed by atoms with Crippen molar-refractivity contribution < 1.29 is 0 Å². The van der Waals surface area contributed by atoms with Crippen molar-refractivity contribution in [3.8, 4) is 27.9 Å². The number of rotatable bonds is 5. The summed E-state index contributed by atoms with van der Waals surface area (Å²) < 4.78 is 2.46. The van der Waals surface area contributed by atoms with Crippen LogP contribution in [0, 0.1) is 6.92 Å². The first kappa shape index (κ1) is 36.6. The molecule has 1 aromatic heterocycles. The molecule has 1 heteroatoms. The Hall–Kier alpha value is -6.70. The van der Waals surface area contributed by atoms with Gasteiger partial charge in [-0.15, -0.1) is 0 Å². The van der Waals surface area contributed by atoms with Gasteiger partial charge in [0.05, 0.1) is 11.0 Å². The van der Waals surface area contributed by atoms with Gasteiger partial charge in [-0.1, -0.05) is 185 Å². The first-order chi connectivity index (χ1) is 28.8. The second-order valence-electron chi connectivity index (χ2n) is 17.0. The molecule has 9 aromatic carbocycles. The highest BCUT2D eigenvalue weighted by Crippen LogP contribution is 2.51. The van der Waals surface area contributed by atoms with E-state index < -0.39 is 0 Å². The average molecular weight is 760 g/mol. The van der Waals surface area contributed by atoms with Gasteiger partial charge in [-0.05, 0) is 127 Å². The first-order valence-electron chi connectivity index (χ1n) is 21.1. The lowest BCUT2D eigenvalue weighted by molar-refractivity contribution is 0.624. The van der Waals surface area contributed by atoms with E-state index in [-0.39, 0.29) is 5.41 Å². The Kier molecular flexibility index (Phi) is 9.06. The van der Waals surface area contributed by atoms with E-state index in [2.05, 4.69) is 233 Å². The van der Waals surface area contributed by atoms with Crippen LogP contribution in [0.5, 0.6) is 0 Å². The number of fused-ring (bicyclic) bond motifs is 8. The number of para-hydroxylation sites is 1. The Bertz CT molecular complexity index is 3050. The van der Waals surface area contributed by atoms with Gasteiger partial charge in [0.15, 0.2) is 0 Å². The number of hydrogen-bond donors (Lipinski definition) is 0. The molecule has 0 saturated heterocycles. The number of nitrogens with zero attached hydrogens (tertiary/aromatic N) is 1. The first-order valence-corrected chi connectivity index (χ1v) is 21.1. The molecule has 10 aromatic rings. The van der Waals surface area contributed by atoms with Gasteiger partial charge >= 0.3 is 0 Å². The highest BCUT2D eigenvalue weighted by Gasteiger charge is 2.36. The summed E-state index contributed by atoms with van der Waals surface area (Å²) in [6.07, 6.45) is 0. The summed E-state index contributed by atoms with van der Waals surface area (Å²) in [5.74, 6) is 1.12. The van der Waals surface area contributed by atoms with E-state index >= 15 is 0 Å². The minimum atomic E-state index is -0.0526. The van der Waals surface area contributed by atoms with Crippen molar-refractivity contribution in [3.05, 3.63) is 222 Å². The molecule has 59 heavy (non-hydrogen) atoms. The highest BCUT2D eigenvalue weighted by molar-refractivity contribution is 6.18. The van der Waals surface area contributed by atoms with Crippen LogP contribution in [0.4, 0.5) is 0 Å². The standard InChI is InChI=1S/C42H31N.C16H18/c1-26-29-15-7-9-18-32(29)41(33-19-10-8-16-30(26)33)27-21-22-39-35(23-27)36-24-34-31-17-11-12-20-37(31)42(2,3)38(34)25-40(36)43(39)28-13-5-4-6-14-28;1-13(15-9-5-3-6-10-15)14(2)16-11-7-4-8-12-16/h4-25H,1-3H3;3-14H,1-2H3. The third-order valence-corrected chi connectivity index (χ3v) is 13.4. The zero-order valence-corrected chi connectivity index (χ0v) is 34.6. The molecule has 0 aliphatic heterocycles. The maximum absolute atomic E-state index is 2.47. The molecule has 0 bridgehead atoms. The average Bonchev–Trinajstić information content (AvgIpc) is 3.73. The number of benzene rings is 9. The van der Waals surface area contributed by atoms with Crippen molar-refractivity contribution in [2.45, 2.75) is 51.9 Å². The molecule has 1 heterocycles. The van der Waals surface area contributed by atoms with Crippen LogP contribution in [-0.4, -0.2) is 4.57 Å². The number of aromatic nitrogens is 1. The van der Waals surface area contributed by atoms with E-state index in [1.807, 2.05) is 0 Å². The van der Waals surface area contributed by atoms with Crippen molar-refractivity contribution in [1.29, 1.82) is 0 Å². The molecule has 286 valence electrons. The fourth-order valence-corrected chi connectivity index (χ4v) is 9.97. The van der Waals surface area contributed by atoms with E-state index in [1.165, 1.54) is 99.1 Å². The van der Waals surface area contributed by atoms with Gasteiger partial charge in [-0.2, -0.15) is 0 Å². The van der Waals surface area contributed by atoms with Crippen molar-refractivity contribution in [2.24, 2.45) is 0 Å². The zero-order valence-electron chi connectivity index (χ0n) is 34.6. The van der Waals surface area contributed by atoms with Crippen molar-refractivity contribution in [1.82, 2.24) is 4.57 Å². The van der Waals surface area contributed by atoms with Gasteiger partial charge < -0.3 is 4.57 Å². The molecule has 0 saturated carbocycles. The Labute approximate surface area is 348 Å². The molecule has 0 N–H and O–H groups in total. The van der Waals surface area contributed by atoms with Crippen LogP contribution in [0.15, 0.2) is 194 Å². The van der Waals surface area contributed by atoms with Crippen molar-refractivity contribution in [3.63, 3.8) is 0 Å². The summed E-state index contributed by atoms with van der Waals surface area (Å²) in [5, 5.41) is 7.84. The molecule has 1 aliphatic carbocycles. The molecule has 1 aliphatic rings. The van der Waals surface area contributed by atoms with Gasteiger partial charge in [0.25, 0.3) is 0 Å². The Balaban J connectivity index is 0.000000221. The lowest BCUT2D eigenvalue weighted by Gasteiger charge is -2.21. The Morgan fingerprint density at radius 2 is 0.898 bits per heavy atom. The summed E-state index contributed by atoms with van der Waals surface area (Å²) in [4.78, 5) is 0. The Morgan fingerprint density at radius 1 is 0.407 bits per heavy atom. The molecule has 2 atom stereocenters. The zero-order chi connectivity index (χ0) is 40.3. The molecule has 0 radical (unpaired) electrons. The normalized spacial score (nSPS) is 13.8. The van der Waals surface area contributed by atoms with Crippen LogP contribution < -0.4 is 0 Å². The monoisotopic (exact) mass is 759 g/mol. The molecule has 1 nitrogen and oxygen atoms in total. The van der Waals surface area contributed by atoms with Crippen LogP contribution >= 0.6 is 0 Å². The molecule has 2 unspecified atom stereocenters. The van der Waals surface area contributed by atoms with E-state index in [0.29, 0.717) is 11.8 Å². The molecular formula is C58H49N. The van der Waals surface area contributed by atoms with E-state index in [4.69, 9.17) is 0 Å². The summed E-state index contributed by atoms with van der Waals surface area (Å²) in [5.41, 5.74) is 15.9. The third-order valence-electron chi connectivity index (χ3n) is 13.4. The molecule has 0 fully saturated rings. The third kappa shape index (κ3) is 6.07. The van der Waals surface area contributed by atoms with E-state index in [0.717, 1.165) is 0 Å². The SMILES string of the molecule is CC(c1ccccc1)C(C)c1ccccc1.Cc1c2ccccc2c(-c2ccc3c(c2)c2cc4c(cc2n3-c2ccccc2)C(C)(C)c2ccccc2-4)c2ccccc12. The topological polar surface area (TPSA) is 4.93 Å². The van der Waals surface area contributed by atoms with Gasteiger partial charge in [0.2, 0.25) is 0 Å². The van der Waals surface area contributed by atoms with Crippen molar-refractivity contribution >= 4 is 43.4 Å². The van der Waals surface area contributed by atoms with Gasteiger partial charge in [-0.3, -0.25) is 0 Å². The number of hydrogen-bond acceptors (Lipinski definition) is 0. The summed E-state index contributed by atoms with van der Waals surface area (Å²) in [7, 11) is 0. The molecule has 0 spiro atoms. The number of aryl methyl sites for hydroxylation is 1. The van der Waals surface area contributed by atoms with Gasteiger partial charge in [0, 0.05) is 21.9 Å². The fourth-order valence-electron chi connectivity index (χ4n) is 9.97. The summed E-state index contributed by atoms with van der Waals surface area (Å²) in [6.45, 7) is 11.6. The van der Waals surface area contributed by atoms with Crippen LogP contribution in [0.25, 0.3) is 71.3 Å². The quantitative estimate of drug-likeness (QED) is 0.154. The highest BCUT2D eigenvalue weighted by atomic mass is 15.0. The largest absolute Gasteiger partial charge is 0.309 e. The van der Waals surface area contributed by atoms with E-state index in [1.54, 1.807) is 0 Å². The van der Waals surface area contributed by atoms with E-state index in [9.17, 15) is 0 Å². The Morgan fingerprint density at radius 3 is 1.49 bits per heavy atom. The summed E-state index contributed by atoms with van der Waals surface area (Å²) >= 11 is 0. The minimum Gasteiger partial charge on any atom is -0.309 e. The minimum absolute atomic E-state index is 0.0526. The van der Waals surface area contributed by atoms with Crippen LogP contribution in [0.1, 0.15) is 67.3 Å². The summed E-state index contributed by atoms with van der Waals surface area (Å²) in [6, 6.07) is 71.0. The molecular weight excluding hydrogens is 711 g/mol. The second kappa shape index (κ2) is 14.6. The van der Waals surface area contributed by atoms with Crippen LogP contribution in [0.2, 0.25) is 0 Å². The van der Waals surface area contributed by atoms with Gasteiger partial charge in [0.1, 0.15) is 0 Å². The van der Waals surface area contributed by atoms with Gasteiger partial charge in [-0.25, -0.2) is 0 Å². The molecule has 11 rings (SSSR count).